The Kier molecular flexibility index (Phi) is 7.50. The number of nitrogens with one attached hydrogen (secondary N) is 1. The maximum absolute atomic E-state index is 12.2. The van der Waals surface area contributed by atoms with E-state index in [1.165, 1.54) is 18.3 Å². The van der Waals surface area contributed by atoms with Crippen LogP contribution in [0.1, 0.15) is 37.4 Å². The highest BCUT2D eigenvalue weighted by atomic mass is 32.1. The summed E-state index contributed by atoms with van der Waals surface area (Å²) in [4.78, 5) is 36.5. The minimum Gasteiger partial charge on any atom is -0.454 e. The first-order valence-electron chi connectivity index (χ1n) is 8.11. The Morgan fingerprint density at radius 2 is 1.81 bits per heavy atom. The van der Waals surface area contributed by atoms with Gasteiger partial charge in [-0.15, -0.1) is 11.3 Å². The van der Waals surface area contributed by atoms with Crippen LogP contribution in [0.15, 0.2) is 36.4 Å². The molecule has 0 bridgehead atoms. The van der Waals surface area contributed by atoms with Crippen molar-refractivity contribution in [3.8, 4) is 0 Å². The number of thiophene rings is 1. The molecule has 0 atom stereocenters. The third-order valence-electron chi connectivity index (χ3n) is 3.52. The molecule has 1 amide bonds. The van der Waals surface area contributed by atoms with Gasteiger partial charge in [-0.3, -0.25) is 9.59 Å². The van der Waals surface area contributed by atoms with Crippen molar-refractivity contribution in [3.05, 3.63) is 57.3 Å². The summed E-state index contributed by atoms with van der Waals surface area (Å²) in [6.45, 7) is 2.15. The normalized spacial score (nSPS) is 10.4. The smallest absolute Gasteiger partial charge is 0.338 e. The van der Waals surface area contributed by atoms with Crippen LogP contribution in [0.3, 0.4) is 0 Å². The zero-order chi connectivity index (χ0) is 18.9. The molecule has 0 spiro atoms. The molecular weight excluding hydrogens is 354 g/mol. The molecule has 138 valence electrons. The number of methoxy groups -OCH3 is 1. The van der Waals surface area contributed by atoms with Gasteiger partial charge < -0.3 is 14.8 Å². The third kappa shape index (κ3) is 6.09. The fourth-order valence-corrected chi connectivity index (χ4v) is 3.14. The van der Waals surface area contributed by atoms with E-state index in [9.17, 15) is 14.4 Å². The highest BCUT2D eigenvalue weighted by Crippen LogP contribution is 2.18. The average Bonchev–Trinajstić information content (AvgIpc) is 3.09. The first-order valence-corrected chi connectivity index (χ1v) is 8.92. The van der Waals surface area contributed by atoms with Gasteiger partial charge in [0.25, 0.3) is 0 Å². The number of hydrogen-bond acceptors (Lipinski definition) is 6. The Bertz CT molecular complexity index is 766. The zero-order valence-corrected chi connectivity index (χ0v) is 15.6. The molecular formula is C19H21NO5S. The summed E-state index contributed by atoms with van der Waals surface area (Å²) in [6.07, 6.45) is 0.658. The van der Waals surface area contributed by atoms with Gasteiger partial charge in [0, 0.05) is 25.5 Å². The number of hydrogen-bond donors (Lipinski definition) is 1. The summed E-state index contributed by atoms with van der Waals surface area (Å²) in [5.41, 5.74) is 1.34. The van der Waals surface area contributed by atoms with Gasteiger partial charge in [-0.05, 0) is 36.2 Å². The van der Waals surface area contributed by atoms with Crippen molar-refractivity contribution in [2.45, 2.75) is 20.0 Å². The van der Waals surface area contributed by atoms with Crippen LogP contribution in [0.4, 0.5) is 0 Å². The van der Waals surface area contributed by atoms with Crippen LogP contribution >= 0.6 is 11.3 Å². The Labute approximate surface area is 156 Å². The Morgan fingerprint density at radius 3 is 2.46 bits per heavy atom. The van der Waals surface area contributed by atoms with Crippen LogP contribution in [0.25, 0.3) is 0 Å². The van der Waals surface area contributed by atoms with Gasteiger partial charge in [0.05, 0.1) is 17.0 Å². The lowest BCUT2D eigenvalue weighted by molar-refractivity contribution is -0.118. The van der Waals surface area contributed by atoms with Crippen molar-refractivity contribution in [3.63, 3.8) is 0 Å². The van der Waals surface area contributed by atoms with E-state index in [1.54, 1.807) is 37.4 Å². The lowest BCUT2D eigenvalue weighted by Gasteiger charge is -2.05. The Hall–Kier alpha value is -2.51. The molecule has 0 saturated carbocycles. The highest BCUT2D eigenvalue weighted by Gasteiger charge is 2.14. The number of rotatable bonds is 9. The highest BCUT2D eigenvalue weighted by molar-refractivity contribution is 7.14. The molecule has 0 unspecified atom stereocenters. The summed E-state index contributed by atoms with van der Waals surface area (Å²) in [5.74, 6) is -0.866. The van der Waals surface area contributed by atoms with E-state index in [4.69, 9.17) is 9.47 Å². The molecule has 26 heavy (non-hydrogen) atoms. The van der Waals surface area contributed by atoms with Gasteiger partial charge in [-0.25, -0.2) is 4.79 Å². The van der Waals surface area contributed by atoms with Crippen molar-refractivity contribution in [2.24, 2.45) is 0 Å². The molecule has 1 aromatic heterocycles. The quantitative estimate of drug-likeness (QED) is 0.538. The van der Waals surface area contributed by atoms with Crippen LogP contribution in [-0.2, 0) is 27.3 Å². The van der Waals surface area contributed by atoms with E-state index >= 15 is 0 Å². The van der Waals surface area contributed by atoms with Crippen molar-refractivity contribution >= 4 is 29.0 Å². The largest absolute Gasteiger partial charge is 0.454 e. The van der Waals surface area contributed by atoms with E-state index in [-0.39, 0.29) is 18.3 Å². The van der Waals surface area contributed by atoms with Crippen LogP contribution in [0, 0.1) is 0 Å². The molecule has 1 N–H and O–H groups in total. The molecule has 0 aliphatic rings. The maximum atomic E-state index is 12.2. The van der Waals surface area contributed by atoms with Gasteiger partial charge in [0.1, 0.15) is 0 Å². The van der Waals surface area contributed by atoms with Crippen LogP contribution < -0.4 is 5.32 Å². The monoisotopic (exact) mass is 375 g/mol. The van der Waals surface area contributed by atoms with Gasteiger partial charge in [-0.2, -0.15) is 0 Å². The minimum absolute atomic E-state index is 0.0833. The summed E-state index contributed by atoms with van der Waals surface area (Å²) < 4.78 is 10.1. The predicted molar refractivity (Wildman–Crippen MR) is 98.5 cm³/mol. The lowest BCUT2D eigenvalue weighted by atomic mass is 10.1. The number of carbonyl (C=O) groups excluding carboxylic acids is 3. The minimum atomic E-state index is -0.537. The number of esters is 1. The maximum Gasteiger partial charge on any atom is 0.338 e. The van der Waals surface area contributed by atoms with Gasteiger partial charge in [0.15, 0.2) is 6.61 Å². The second kappa shape index (κ2) is 9.84. The summed E-state index contributed by atoms with van der Waals surface area (Å²) in [5, 5.41) is 2.71. The van der Waals surface area contributed by atoms with E-state index in [0.717, 1.165) is 10.4 Å². The van der Waals surface area contributed by atoms with E-state index in [1.807, 2.05) is 6.07 Å². The van der Waals surface area contributed by atoms with Crippen LogP contribution in [0.2, 0.25) is 0 Å². The molecule has 1 aromatic carbocycles. The lowest BCUT2D eigenvalue weighted by Crippen LogP contribution is -2.22. The number of carbonyl (C=O) groups is 3. The molecule has 0 aliphatic carbocycles. The number of ether oxygens (including phenoxy) is 2. The molecule has 0 radical (unpaired) electrons. The fraction of sp³-hybridized carbons (Fsp3) is 0.316. The van der Waals surface area contributed by atoms with E-state index < -0.39 is 5.97 Å². The number of Topliss-reactive ketones (excluding diaryl/α,β-unsaturated/α-hetero) is 1. The second-order valence-corrected chi connectivity index (χ2v) is 6.80. The average molecular weight is 375 g/mol. The van der Waals surface area contributed by atoms with Gasteiger partial charge >= 0.3 is 5.97 Å². The van der Waals surface area contributed by atoms with Crippen LogP contribution in [0.5, 0.6) is 0 Å². The number of amides is 1. The van der Waals surface area contributed by atoms with E-state index in [2.05, 4.69) is 5.32 Å². The molecule has 2 aromatic rings. The van der Waals surface area contributed by atoms with Crippen molar-refractivity contribution in [1.29, 1.82) is 0 Å². The summed E-state index contributed by atoms with van der Waals surface area (Å²) >= 11 is 1.34. The summed E-state index contributed by atoms with van der Waals surface area (Å²) in [7, 11) is 1.60. The molecule has 6 nitrogen and oxygen atoms in total. The van der Waals surface area contributed by atoms with Crippen LogP contribution in [-0.4, -0.2) is 37.9 Å². The van der Waals surface area contributed by atoms with E-state index in [0.29, 0.717) is 30.0 Å². The SMILES string of the molecule is COCc1ccc(C(=O)OCC(=O)c2ccc(CCNC(C)=O)s2)cc1. The summed E-state index contributed by atoms with van der Waals surface area (Å²) in [6, 6.07) is 10.4. The topological polar surface area (TPSA) is 81.7 Å². The third-order valence-corrected chi connectivity index (χ3v) is 4.70. The molecule has 0 aliphatic heterocycles. The standard InChI is InChI=1S/C19H21NO5S/c1-13(21)20-10-9-16-7-8-18(26-16)17(22)12-25-19(23)15-5-3-14(4-6-15)11-24-2/h3-8H,9-12H2,1-2H3,(H,20,21). The second-order valence-electron chi connectivity index (χ2n) is 5.63. The van der Waals surface area contributed by atoms with Crippen molar-refractivity contribution in [2.75, 3.05) is 20.3 Å². The molecule has 1 heterocycles. The fourth-order valence-electron chi connectivity index (χ4n) is 2.21. The predicted octanol–water partition coefficient (Wildman–Crippen LogP) is 2.61. The molecule has 0 saturated heterocycles. The number of ketones is 1. The van der Waals surface area contributed by atoms with Gasteiger partial charge in [-0.1, -0.05) is 12.1 Å². The van der Waals surface area contributed by atoms with Crippen molar-refractivity contribution < 1.29 is 23.9 Å². The van der Waals surface area contributed by atoms with Crippen molar-refractivity contribution in [1.82, 2.24) is 5.32 Å². The Balaban J connectivity index is 1.83. The molecule has 0 fully saturated rings. The number of benzene rings is 1. The van der Waals surface area contributed by atoms with Gasteiger partial charge in [0.2, 0.25) is 11.7 Å². The zero-order valence-electron chi connectivity index (χ0n) is 14.7. The molecule has 7 heteroatoms. The Morgan fingerprint density at radius 1 is 1.08 bits per heavy atom. The first kappa shape index (κ1) is 19.8. The molecule has 2 rings (SSSR count). The first-order chi connectivity index (χ1) is 12.5.